The van der Waals surface area contributed by atoms with Gasteiger partial charge in [0.15, 0.2) is 0 Å². The molecule has 0 fully saturated rings. The SMILES string of the molecule is CCc1c(OC)ccc2c1/C(=C/C=N)CC2. The Morgan fingerprint density at radius 2 is 2.19 bits per heavy atom. The Kier molecular flexibility index (Phi) is 3.09. The van der Waals surface area contributed by atoms with Gasteiger partial charge in [0, 0.05) is 11.8 Å². The van der Waals surface area contributed by atoms with Gasteiger partial charge in [0.2, 0.25) is 0 Å². The fraction of sp³-hybridized carbons (Fsp3) is 0.357. The van der Waals surface area contributed by atoms with Gasteiger partial charge in [-0.25, -0.2) is 0 Å². The predicted molar refractivity (Wildman–Crippen MR) is 67.5 cm³/mol. The maximum atomic E-state index is 7.20. The van der Waals surface area contributed by atoms with Gasteiger partial charge in [-0.3, -0.25) is 0 Å². The summed E-state index contributed by atoms with van der Waals surface area (Å²) in [5.74, 6) is 0.971. The van der Waals surface area contributed by atoms with Gasteiger partial charge < -0.3 is 10.1 Å². The molecule has 1 aromatic rings. The molecule has 84 valence electrons. The average molecular weight is 215 g/mol. The number of rotatable bonds is 3. The van der Waals surface area contributed by atoms with Gasteiger partial charge in [0.25, 0.3) is 0 Å². The molecule has 0 saturated heterocycles. The fourth-order valence-corrected chi connectivity index (χ4v) is 2.49. The van der Waals surface area contributed by atoms with Crippen LogP contribution < -0.4 is 4.74 Å². The minimum atomic E-state index is 0.971. The first-order valence-electron chi connectivity index (χ1n) is 5.70. The monoisotopic (exact) mass is 215 g/mol. The number of hydrogen-bond donors (Lipinski definition) is 1. The van der Waals surface area contributed by atoms with Crippen LogP contribution in [-0.2, 0) is 12.8 Å². The van der Waals surface area contributed by atoms with Crippen molar-refractivity contribution in [3.63, 3.8) is 0 Å². The largest absolute Gasteiger partial charge is 0.496 e. The van der Waals surface area contributed by atoms with E-state index in [-0.39, 0.29) is 0 Å². The number of aryl methyl sites for hydroxylation is 1. The lowest BCUT2D eigenvalue weighted by atomic mass is 9.97. The summed E-state index contributed by atoms with van der Waals surface area (Å²) in [6.07, 6.45) is 6.40. The van der Waals surface area contributed by atoms with Crippen molar-refractivity contribution in [3.05, 3.63) is 34.9 Å². The molecule has 1 aliphatic carbocycles. The van der Waals surface area contributed by atoms with E-state index in [1.807, 2.05) is 6.08 Å². The Morgan fingerprint density at radius 3 is 2.81 bits per heavy atom. The number of nitrogens with one attached hydrogen (secondary N) is 1. The summed E-state index contributed by atoms with van der Waals surface area (Å²) in [5, 5.41) is 7.20. The van der Waals surface area contributed by atoms with E-state index in [2.05, 4.69) is 19.1 Å². The highest BCUT2D eigenvalue weighted by Crippen LogP contribution is 2.38. The Hall–Kier alpha value is -1.57. The van der Waals surface area contributed by atoms with Crippen molar-refractivity contribution in [3.8, 4) is 5.75 Å². The van der Waals surface area contributed by atoms with E-state index >= 15 is 0 Å². The maximum Gasteiger partial charge on any atom is 0.122 e. The number of benzene rings is 1. The molecule has 1 N–H and O–H groups in total. The van der Waals surface area contributed by atoms with E-state index in [1.165, 1.54) is 28.5 Å². The van der Waals surface area contributed by atoms with E-state index in [1.54, 1.807) is 7.11 Å². The highest BCUT2D eigenvalue weighted by molar-refractivity contribution is 5.87. The number of allylic oxidation sites excluding steroid dienone is 2. The van der Waals surface area contributed by atoms with Gasteiger partial charge in [0.1, 0.15) is 5.75 Å². The third kappa shape index (κ3) is 1.64. The third-order valence-electron chi connectivity index (χ3n) is 3.20. The van der Waals surface area contributed by atoms with Gasteiger partial charge >= 0.3 is 0 Å². The number of fused-ring (bicyclic) bond motifs is 1. The topological polar surface area (TPSA) is 33.1 Å². The molecule has 0 unspecified atom stereocenters. The van der Waals surface area contributed by atoms with Crippen molar-refractivity contribution in [2.24, 2.45) is 0 Å². The molecule has 2 nitrogen and oxygen atoms in total. The number of methoxy groups -OCH3 is 1. The zero-order chi connectivity index (χ0) is 11.5. The lowest BCUT2D eigenvalue weighted by Gasteiger charge is -2.12. The molecule has 1 aliphatic rings. The normalized spacial score (nSPS) is 16.2. The van der Waals surface area contributed by atoms with Crippen LogP contribution in [0.15, 0.2) is 18.2 Å². The molecule has 2 rings (SSSR count). The lowest BCUT2D eigenvalue weighted by Crippen LogP contribution is -1.96. The molecule has 0 heterocycles. The standard InChI is InChI=1S/C14H17NO/c1-3-12-13(16-2)7-6-10-4-5-11(8-9-15)14(10)12/h6-9,15H,3-5H2,1-2H3/b11-8+,15-9?. The van der Waals surface area contributed by atoms with Crippen LogP contribution in [0.4, 0.5) is 0 Å². The van der Waals surface area contributed by atoms with Crippen LogP contribution in [-0.4, -0.2) is 13.3 Å². The Labute approximate surface area is 96.5 Å². The van der Waals surface area contributed by atoms with E-state index < -0.39 is 0 Å². The molecule has 1 aromatic carbocycles. The van der Waals surface area contributed by atoms with Crippen LogP contribution in [0.1, 0.15) is 30.0 Å². The van der Waals surface area contributed by atoms with Crippen LogP contribution in [0.2, 0.25) is 0 Å². The molecule has 0 bridgehead atoms. The van der Waals surface area contributed by atoms with E-state index in [0.29, 0.717) is 0 Å². The van der Waals surface area contributed by atoms with Gasteiger partial charge in [-0.2, -0.15) is 0 Å². The smallest absolute Gasteiger partial charge is 0.122 e. The minimum Gasteiger partial charge on any atom is -0.496 e. The highest BCUT2D eigenvalue weighted by atomic mass is 16.5. The molecule has 0 spiro atoms. The van der Waals surface area contributed by atoms with Crippen molar-refractivity contribution in [1.82, 2.24) is 0 Å². The first kappa shape index (κ1) is 10.9. The van der Waals surface area contributed by atoms with Gasteiger partial charge in [-0.05, 0) is 48.1 Å². The summed E-state index contributed by atoms with van der Waals surface area (Å²) in [6, 6.07) is 4.21. The van der Waals surface area contributed by atoms with Crippen LogP contribution in [0, 0.1) is 5.41 Å². The summed E-state index contributed by atoms with van der Waals surface area (Å²) < 4.78 is 5.40. The highest BCUT2D eigenvalue weighted by Gasteiger charge is 2.21. The first-order valence-corrected chi connectivity index (χ1v) is 5.70. The molecule has 16 heavy (non-hydrogen) atoms. The Bertz CT molecular complexity index is 446. The number of hydrogen-bond acceptors (Lipinski definition) is 2. The molecule has 2 heteroatoms. The summed E-state index contributed by atoms with van der Waals surface area (Å²) >= 11 is 0. The molecule has 0 saturated carbocycles. The summed E-state index contributed by atoms with van der Waals surface area (Å²) in [5.41, 5.74) is 5.28. The average Bonchev–Trinajstić information content (AvgIpc) is 2.72. The second-order valence-electron chi connectivity index (χ2n) is 3.99. The third-order valence-corrected chi connectivity index (χ3v) is 3.20. The zero-order valence-corrected chi connectivity index (χ0v) is 9.84. The Balaban J connectivity index is 2.62. The van der Waals surface area contributed by atoms with Crippen molar-refractivity contribution >= 4 is 11.8 Å². The van der Waals surface area contributed by atoms with Gasteiger partial charge in [0.05, 0.1) is 7.11 Å². The van der Waals surface area contributed by atoms with Gasteiger partial charge in [-0.15, -0.1) is 0 Å². The molecule has 0 aromatic heterocycles. The van der Waals surface area contributed by atoms with Crippen LogP contribution in [0.3, 0.4) is 0 Å². The summed E-state index contributed by atoms with van der Waals surface area (Å²) in [4.78, 5) is 0. The molecular weight excluding hydrogens is 198 g/mol. The summed E-state index contributed by atoms with van der Waals surface area (Å²) in [6.45, 7) is 2.15. The predicted octanol–water partition coefficient (Wildman–Crippen LogP) is 3.24. The van der Waals surface area contributed by atoms with Crippen molar-refractivity contribution in [2.45, 2.75) is 26.2 Å². The summed E-state index contributed by atoms with van der Waals surface area (Å²) in [7, 11) is 1.72. The first-order chi connectivity index (χ1) is 7.81. The van der Waals surface area contributed by atoms with Crippen LogP contribution in [0.25, 0.3) is 5.57 Å². The van der Waals surface area contributed by atoms with Crippen LogP contribution >= 0.6 is 0 Å². The van der Waals surface area contributed by atoms with Crippen molar-refractivity contribution in [2.75, 3.05) is 7.11 Å². The second-order valence-corrected chi connectivity index (χ2v) is 3.99. The van der Waals surface area contributed by atoms with E-state index in [0.717, 1.165) is 25.0 Å². The second kappa shape index (κ2) is 4.52. The quantitative estimate of drug-likeness (QED) is 0.771. The van der Waals surface area contributed by atoms with Crippen molar-refractivity contribution < 1.29 is 4.74 Å². The van der Waals surface area contributed by atoms with Crippen molar-refractivity contribution in [1.29, 1.82) is 5.41 Å². The number of ether oxygens (including phenoxy) is 1. The van der Waals surface area contributed by atoms with E-state index in [9.17, 15) is 0 Å². The van der Waals surface area contributed by atoms with Crippen LogP contribution in [0.5, 0.6) is 5.75 Å². The fourth-order valence-electron chi connectivity index (χ4n) is 2.49. The molecule has 0 radical (unpaired) electrons. The lowest BCUT2D eigenvalue weighted by molar-refractivity contribution is 0.410. The maximum absolute atomic E-state index is 7.20. The molecule has 0 aliphatic heterocycles. The Morgan fingerprint density at radius 1 is 1.38 bits per heavy atom. The van der Waals surface area contributed by atoms with Gasteiger partial charge in [-0.1, -0.05) is 13.0 Å². The molecule has 0 amide bonds. The zero-order valence-electron chi connectivity index (χ0n) is 9.84. The molecule has 0 atom stereocenters. The molecular formula is C14H17NO. The minimum absolute atomic E-state index is 0.971. The van der Waals surface area contributed by atoms with E-state index in [4.69, 9.17) is 10.1 Å².